The van der Waals surface area contributed by atoms with Crippen molar-refractivity contribution in [1.29, 1.82) is 0 Å². The van der Waals surface area contributed by atoms with E-state index in [-0.39, 0.29) is 5.56 Å². The molecule has 0 fully saturated rings. The lowest BCUT2D eigenvalue weighted by Gasteiger charge is -2.00. The molecule has 0 aliphatic rings. The summed E-state index contributed by atoms with van der Waals surface area (Å²) in [5, 5.41) is 1.78. The SMILES string of the molecule is NC(=O)c1ccc(N=Cc2c(=O)[nH]c3ccc4[nH]cccc4c23)cc1. The van der Waals surface area contributed by atoms with Crippen molar-refractivity contribution < 1.29 is 4.79 Å². The number of benzene rings is 2. The standard InChI is InChI=1S/C19H14N4O2/c20-18(24)11-3-5-12(6-4-11)22-10-14-17-13-2-1-9-21-15(13)7-8-16(17)23-19(14)25/h1-10,21H,(H2,20,24)(H,23,25). The molecule has 25 heavy (non-hydrogen) atoms. The average Bonchev–Trinajstić information content (AvgIpc) is 2.96. The molecule has 0 aliphatic carbocycles. The topological polar surface area (TPSA) is 104 Å². The first-order valence-electron chi connectivity index (χ1n) is 7.69. The Kier molecular flexibility index (Phi) is 3.43. The van der Waals surface area contributed by atoms with Crippen molar-refractivity contribution in [2.45, 2.75) is 0 Å². The maximum atomic E-state index is 12.3. The Hall–Kier alpha value is -3.67. The van der Waals surface area contributed by atoms with Gasteiger partial charge in [0.2, 0.25) is 5.91 Å². The Morgan fingerprint density at radius 1 is 1.04 bits per heavy atom. The molecule has 6 heteroatoms. The summed E-state index contributed by atoms with van der Waals surface area (Å²) in [6.07, 6.45) is 3.39. The highest BCUT2D eigenvalue weighted by Gasteiger charge is 2.11. The summed E-state index contributed by atoms with van der Waals surface area (Å²) < 4.78 is 0. The molecule has 2 aromatic carbocycles. The number of nitrogens with one attached hydrogen (secondary N) is 2. The third-order valence-electron chi connectivity index (χ3n) is 4.10. The van der Waals surface area contributed by atoms with E-state index in [1.54, 1.807) is 30.5 Å². The second kappa shape index (κ2) is 5.76. The van der Waals surface area contributed by atoms with Gasteiger partial charge in [-0.3, -0.25) is 14.6 Å². The van der Waals surface area contributed by atoms with Gasteiger partial charge in [0, 0.05) is 39.8 Å². The van der Waals surface area contributed by atoms with Gasteiger partial charge in [-0.25, -0.2) is 0 Å². The first-order chi connectivity index (χ1) is 12.1. The van der Waals surface area contributed by atoms with E-state index in [0.717, 1.165) is 21.8 Å². The number of carbonyl (C=O) groups is 1. The van der Waals surface area contributed by atoms with Gasteiger partial charge in [-0.15, -0.1) is 0 Å². The van der Waals surface area contributed by atoms with Crippen molar-refractivity contribution in [2.24, 2.45) is 10.7 Å². The number of fused-ring (bicyclic) bond motifs is 3. The number of hydrogen-bond donors (Lipinski definition) is 3. The monoisotopic (exact) mass is 330 g/mol. The minimum Gasteiger partial charge on any atom is -0.366 e. The molecule has 0 atom stereocenters. The number of aromatic nitrogens is 2. The highest BCUT2D eigenvalue weighted by atomic mass is 16.1. The number of rotatable bonds is 3. The minimum atomic E-state index is -0.489. The van der Waals surface area contributed by atoms with Gasteiger partial charge in [-0.2, -0.15) is 0 Å². The maximum absolute atomic E-state index is 12.3. The van der Waals surface area contributed by atoms with Crippen LogP contribution in [0.5, 0.6) is 0 Å². The fourth-order valence-corrected chi connectivity index (χ4v) is 2.87. The quantitative estimate of drug-likeness (QED) is 0.503. The summed E-state index contributed by atoms with van der Waals surface area (Å²) >= 11 is 0. The van der Waals surface area contributed by atoms with E-state index in [2.05, 4.69) is 15.0 Å². The van der Waals surface area contributed by atoms with E-state index in [0.29, 0.717) is 16.8 Å². The first kappa shape index (κ1) is 14.9. The third kappa shape index (κ3) is 2.59. The van der Waals surface area contributed by atoms with E-state index in [1.807, 2.05) is 30.5 Å². The molecule has 4 N–H and O–H groups in total. The minimum absolute atomic E-state index is 0.191. The zero-order valence-corrected chi connectivity index (χ0v) is 13.1. The van der Waals surface area contributed by atoms with Crippen molar-refractivity contribution in [1.82, 2.24) is 9.97 Å². The number of aromatic amines is 2. The molecule has 6 nitrogen and oxygen atoms in total. The molecule has 0 unspecified atom stereocenters. The smallest absolute Gasteiger partial charge is 0.257 e. The van der Waals surface area contributed by atoms with Crippen LogP contribution in [0.2, 0.25) is 0 Å². The lowest BCUT2D eigenvalue weighted by atomic mass is 10.1. The largest absolute Gasteiger partial charge is 0.366 e. The molecular formula is C19H14N4O2. The van der Waals surface area contributed by atoms with E-state index >= 15 is 0 Å². The van der Waals surface area contributed by atoms with Crippen LogP contribution < -0.4 is 11.3 Å². The van der Waals surface area contributed by atoms with Crippen molar-refractivity contribution in [2.75, 3.05) is 0 Å². The molecule has 0 bridgehead atoms. The van der Waals surface area contributed by atoms with Gasteiger partial charge in [0.05, 0.1) is 11.3 Å². The van der Waals surface area contributed by atoms with E-state index in [9.17, 15) is 9.59 Å². The number of H-pyrrole nitrogens is 2. The number of primary amides is 1. The average molecular weight is 330 g/mol. The number of amides is 1. The molecule has 0 saturated heterocycles. The fourth-order valence-electron chi connectivity index (χ4n) is 2.87. The number of carbonyl (C=O) groups excluding carboxylic acids is 1. The van der Waals surface area contributed by atoms with Crippen molar-refractivity contribution in [3.8, 4) is 0 Å². The molecule has 0 spiro atoms. The molecule has 2 aromatic heterocycles. The van der Waals surface area contributed by atoms with Crippen LogP contribution in [0.1, 0.15) is 15.9 Å². The lowest BCUT2D eigenvalue weighted by molar-refractivity contribution is 0.100. The Labute approximate surface area is 142 Å². The summed E-state index contributed by atoms with van der Waals surface area (Å²) in [6, 6.07) is 14.2. The Morgan fingerprint density at radius 3 is 2.56 bits per heavy atom. The predicted octanol–water partition coefficient (Wildman–Crippen LogP) is 2.86. The lowest BCUT2D eigenvalue weighted by Crippen LogP contribution is -2.10. The fraction of sp³-hybridized carbons (Fsp3) is 0. The van der Waals surface area contributed by atoms with Gasteiger partial charge in [0.1, 0.15) is 0 Å². The predicted molar refractivity (Wildman–Crippen MR) is 98.6 cm³/mol. The Morgan fingerprint density at radius 2 is 1.80 bits per heavy atom. The van der Waals surface area contributed by atoms with Crippen molar-refractivity contribution in [3.63, 3.8) is 0 Å². The molecule has 4 rings (SSSR count). The maximum Gasteiger partial charge on any atom is 0.257 e. The van der Waals surface area contributed by atoms with Gasteiger partial charge >= 0.3 is 0 Å². The second-order valence-electron chi connectivity index (χ2n) is 5.66. The van der Waals surface area contributed by atoms with Gasteiger partial charge in [-0.1, -0.05) is 6.07 Å². The van der Waals surface area contributed by atoms with E-state index in [4.69, 9.17) is 5.73 Å². The van der Waals surface area contributed by atoms with E-state index in [1.165, 1.54) is 0 Å². The highest BCUT2D eigenvalue weighted by molar-refractivity contribution is 6.13. The first-order valence-corrected chi connectivity index (χ1v) is 7.69. The van der Waals surface area contributed by atoms with Gasteiger partial charge in [-0.05, 0) is 42.5 Å². The van der Waals surface area contributed by atoms with Gasteiger partial charge < -0.3 is 15.7 Å². The van der Waals surface area contributed by atoms with Gasteiger partial charge in [0.15, 0.2) is 0 Å². The molecule has 122 valence electrons. The number of pyridine rings is 1. The van der Waals surface area contributed by atoms with Crippen LogP contribution in [0.25, 0.3) is 21.8 Å². The molecule has 1 amide bonds. The Bertz CT molecular complexity index is 1180. The molecule has 0 saturated carbocycles. The van der Waals surface area contributed by atoms with Crippen LogP contribution in [0, 0.1) is 0 Å². The summed E-state index contributed by atoms with van der Waals surface area (Å²) in [5.74, 6) is -0.489. The third-order valence-corrected chi connectivity index (χ3v) is 4.10. The number of aliphatic imine (C=N–C) groups is 1. The van der Waals surface area contributed by atoms with Crippen molar-refractivity contribution >= 4 is 39.6 Å². The zero-order chi connectivity index (χ0) is 17.4. The summed E-state index contributed by atoms with van der Waals surface area (Å²) in [6.45, 7) is 0. The summed E-state index contributed by atoms with van der Waals surface area (Å²) in [5.41, 5.74) is 8.28. The van der Waals surface area contributed by atoms with E-state index < -0.39 is 5.91 Å². The van der Waals surface area contributed by atoms with Crippen LogP contribution in [-0.4, -0.2) is 22.1 Å². The molecule has 0 aliphatic heterocycles. The number of hydrogen-bond acceptors (Lipinski definition) is 3. The zero-order valence-electron chi connectivity index (χ0n) is 13.1. The normalized spacial score (nSPS) is 11.5. The second-order valence-corrected chi connectivity index (χ2v) is 5.66. The summed E-state index contributed by atoms with van der Waals surface area (Å²) in [7, 11) is 0. The molecule has 2 heterocycles. The van der Waals surface area contributed by atoms with Gasteiger partial charge in [0.25, 0.3) is 5.56 Å². The molecular weight excluding hydrogens is 316 g/mol. The molecule has 0 radical (unpaired) electrons. The van der Waals surface area contributed by atoms with Crippen LogP contribution in [-0.2, 0) is 0 Å². The molecule has 4 aromatic rings. The number of nitrogens with two attached hydrogens (primary N) is 1. The van der Waals surface area contributed by atoms with Crippen molar-refractivity contribution in [3.05, 3.63) is 76.2 Å². The van der Waals surface area contributed by atoms with Crippen LogP contribution in [0.4, 0.5) is 5.69 Å². The van der Waals surface area contributed by atoms with Crippen LogP contribution in [0.3, 0.4) is 0 Å². The number of nitrogens with zero attached hydrogens (tertiary/aromatic N) is 1. The Balaban J connectivity index is 1.83. The van der Waals surface area contributed by atoms with Crippen LogP contribution >= 0.6 is 0 Å². The summed E-state index contributed by atoms with van der Waals surface area (Å²) in [4.78, 5) is 33.8. The highest BCUT2D eigenvalue weighted by Crippen LogP contribution is 2.24. The van der Waals surface area contributed by atoms with Crippen LogP contribution in [0.15, 0.2) is 64.5 Å².